The molecular formula is C16H28N4O3. The maximum Gasteiger partial charge on any atom is 0.187 e. The van der Waals surface area contributed by atoms with Crippen LogP contribution in [-0.4, -0.2) is 84.4 Å². The predicted molar refractivity (Wildman–Crippen MR) is 86.1 cm³/mol. The molecule has 0 spiro atoms. The van der Waals surface area contributed by atoms with Crippen LogP contribution >= 0.6 is 0 Å². The Morgan fingerprint density at radius 3 is 2.09 bits per heavy atom. The van der Waals surface area contributed by atoms with Gasteiger partial charge in [-0.15, -0.1) is 0 Å². The van der Waals surface area contributed by atoms with Crippen LogP contribution in [-0.2, 0) is 27.7 Å². The zero-order chi connectivity index (χ0) is 16.1. The predicted octanol–water partition coefficient (Wildman–Crippen LogP) is 0.317. The Kier molecular flexibility index (Phi) is 5.66. The molecule has 2 aliphatic heterocycles. The number of ether oxygens (including phenoxy) is 3. The van der Waals surface area contributed by atoms with Gasteiger partial charge in [0.1, 0.15) is 5.82 Å². The van der Waals surface area contributed by atoms with Crippen LogP contribution in [0.2, 0.25) is 0 Å². The van der Waals surface area contributed by atoms with Gasteiger partial charge < -0.3 is 18.8 Å². The molecule has 130 valence electrons. The molecule has 0 bridgehead atoms. The highest BCUT2D eigenvalue weighted by atomic mass is 16.5. The number of aromatic nitrogens is 2. The standard InChI is InChI=1S/C16H28N4O3/c1-3-23-16(19-6-10-21-11-7-19,20-8-12-22-13-9-20)14-15-17-4-5-18(15)2/h4-5H,3,6-14H2,1-2H3. The van der Waals surface area contributed by atoms with Gasteiger partial charge in [0.05, 0.1) is 32.8 Å². The van der Waals surface area contributed by atoms with Crippen molar-refractivity contribution >= 4 is 0 Å². The molecular weight excluding hydrogens is 296 g/mol. The van der Waals surface area contributed by atoms with E-state index in [0.29, 0.717) is 6.61 Å². The van der Waals surface area contributed by atoms with Gasteiger partial charge in [0.25, 0.3) is 0 Å². The van der Waals surface area contributed by atoms with Gasteiger partial charge in [-0.3, -0.25) is 9.80 Å². The number of morpholine rings is 2. The number of hydrogen-bond acceptors (Lipinski definition) is 6. The lowest BCUT2D eigenvalue weighted by molar-refractivity contribution is -0.270. The van der Waals surface area contributed by atoms with Crippen molar-refractivity contribution in [3.05, 3.63) is 18.2 Å². The van der Waals surface area contributed by atoms with Crippen LogP contribution in [0.5, 0.6) is 0 Å². The molecule has 2 saturated heterocycles. The summed E-state index contributed by atoms with van der Waals surface area (Å²) in [4.78, 5) is 9.37. The van der Waals surface area contributed by atoms with Crippen LogP contribution in [0.15, 0.2) is 12.4 Å². The van der Waals surface area contributed by atoms with Crippen LogP contribution in [0.4, 0.5) is 0 Å². The van der Waals surface area contributed by atoms with Crippen molar-refractivity contribution < 1.29 is 14.2 Å². The van der Waals surface area contributed by atoms with Gasteiger partial charge in [0.2, 0.25) is 0 Å². The lowest BCUT2D eigenvalue weighted by Crippen LogP contribution is -2.68. The normalized spacial score (nSPS) is 21.7. The molecule has 3 rings (SSSR count). The van der Waals surface area contributed by atoms with E-state index in [1.807, 2.05) is 19.4 Å². The minimum Gasteiger partial charge on any atom is -0.379 e. The number of rotatable bonds is 6. The zero-order valence-corrected chi connectivity index (χ0v) is 14.2. The maximum absolute atomic E-state index is 6.42. The third-order valence-electron chi connectivity index (χ3n) is 4.70. The van der Waals surface area contributed by atoms with Gasteiger partial charge in [-0.1, -0.05) is 0 Å². The first-order valence-corrected chi connectivity index (χ1v) is 8.52. The van der Waals surface area contributed by atoms with Crippen LogP contribution in [0.1, 0.15) is 12.7 Å². The van der Waals surface area contributed by atoms with E-state index in [-0.39, 0.29) is 0 Å². The molecule has 0 saturated carbocycles. The minimum atomic E-state index is -0.471. The molecule has 3 heterocycles. The highest BCUT2D eigenvalue weighted by molar-refractivity contribution is 4.99. The summed E-state index contributed by atoms with van der Waals surface area (Å²) in [6.45, 7) is 9.24. The fraction of sp³-hybridized carbons (Fsp3) is 0.812. The molecule has 2 aliphatic rings. The lowest BCUT2D eigenvalue weighted by Gasteiger charge is -2.52. The van der Waals surface area contributed by atoms with Gasteiger partial charge in [-0.25, -0.2) is 4.98 Å². The molecule has 2 fully saturated rings. The van der Waals surface area contributed by atoms with Crippen LogP contribution < -0.4 is 0 Å². The average Bonchev–Trinajstić information content (AvgIpc) is 3.01. The van der Waals surface area contributed by atoms with E-state index in [2.05, 4.69) is 26.3 Å². The fourth-order valence-electron chi connectivity index (χ4n) is 3.49. The van der Waals surface area contributed by atoms with E-state index < -0.39 is 5.85 Å². The van der Waals surface area contributed by atoms with Crippen LogP contribution in [0.3, 0.4) is 0 Å². The number of nitrogens with zero attached hydrogens (tertiary/aromatic N) is 4. The Morgan fingerprint density at radius 2 is 1.65 bits per heavy atom. The van der Waals surface area contributed by atoms with Crippen molar-refractivity contribution in [2.75, 3.05) is 59.2 Å². The third kappa shape index (κ3) is 3.59. The molecule has 7 heteroatoms. The summed E-state index contributed by atoms with van der Waals surface area (Å²) in [7, 11) is 2.04. The number of hydrogen-bond donors (Lipinski definition) is 0. The van der Waals surface area contributed by atoms with E-state index in [9.17, 15) is 0 Å². The minimum absolute atomic E-state index is 0.471. The van der Waals surface area contributed by atoms with Gasteiger partial charge in [0, 0.05) is 52.2 Å². The molecule has 0 unspecified atom stereocenters. The second-order valence-electron chi connectivity index (χ2n) is 6.01. The number of imidazole rings is 1. The topological polar surface area (TPSA) is 52.0 Å². The summed E-state index contributed by atoms with van der Waals surface area (Å²) in [5.41, 5.74) is 0. The summed E-state index contributed by atoms with van der Waals surface area (Å²) in [6, 6.07) is 0. The molecule has 0 aliphatic carbocycles. The van der Waals surface area contributed by atoms with Crippen molar-refractivity contribution in [2.45, 2.75) is 19.2 Å². The highest BCUT2D eigenvalue weighted by Crippen LogP contribution is 2.29. The Balaban J connectivity index is 1.91. The second-order valence-corrected chi connectivity index (χ2v) is 6.01. The van der Waals surface area contributed by atoms with E-state index in [4.69, 9.17) is 14.2 Å². The maximum atomic E-state index is 6.42. The SMILES string of the molecule is CCOC(Cc1nccn1C)(N1CCOCC1)N1CCOCC1. The molecule has 0 aromatic carbocycles. The first kappa shape index (κ1) is 16.9. The quantitative estimate of drug-likeness (QED) is 0.751. The molecule has 0 radical (unpaired) electrons. The monoisotopic (exact) mass is 324 g/mol. The number of aryl methyl sites for hydroxylation is 1. The second kappa shape index (κ2) is 7.72. The van der Waals surface area contributed by atoms with Crippen molar-refractivity contribution in [3.63, 3.8) is 0 Å². The van der Waals surface area contributed by atoms with Gasteiger partial charge in [-0.05, 0) is 6.92 Å². The first-order chi connectivity index (χ1) is 11.3. The van der Waals surface area contributed by atoms with E-state index in [1.54, 1.807) is 0 Å². The van der Waals surface area contributed by atoms with E-state index in [1.165, 1.54) is 0 Å². The van der Waals surface area contributed by atoms with Crippen LogP contribution in [0, 0.1) is 0 Å². The summed E-state index contributed by atoms with van der Waals surface area (Å²) < 4.78 is 19.6. The molecule has 7 nitrogen and oxygen atoms in total. The van der Waals surface area contributed by atoms with Crippen molar-refractivity contribution in [1.29, 1.82) is 0 Å². The Hall–Kier alpha value is -0.990. The zero-order valence-electron chi connectivity index (χ0n) is 14.2. The average molecular weight is 324 g/mol. The Morgan fingerprint density at radius 1 is 1.09 bits per heavy atom. The summed E-state index contributed by atoms with van der Waals surface area (Å²) >= 11 is 0. The summed E-state index contributed by atoms with van der Waals surface area (Å²) in [5.74, 6) is 0.568. The third-order valence-corrected chi connectivity index (χ3v) is 4.70. The van der Waals surface area contributed by atoms with Crippen LogP contribution in [0.25, 0.3) is 0 Å². The largest absolute Gasteiger partial charge is 0.379 e. The Bertz CT molecular complexity index is 463. The smallest absolute Gasteiger partial charge is 0.187 e. The first-order valence-electron chi connectivity index (χ1n) is 8.52. The fourth-order valence-corrected chi connectivity index (χ4v) is 3.49. The van der Waals surface area contributed by atoms with Crippen molar-refractivity contribution in [1.82, 2.24) is 19.4 Å². The van der Waals surface area contributed by atoms with E-state index >= 15 is 0 Å². The molecule has 0 N–H and O–H groups in total. The lowest BCUT2D eigenvalue weighted by atomic mass is 10.1. The summed E-state index contributed by atoms with van der Waals surface area (Å²) in [5, 5.41) is 0. The van der Waals surface area contributed by atoms with Gasteiger partial charge in [-0.2, -0.15) is 0 Å². The highest BCUT2D eigenvalue weighted by Gasteiger charge is 2.45. The molecule has 0 atom stereocenters. The molecule has 1 aromatic rings. The van der Waals surface area contributed by atoms with Gasteiger partial charge in [0.15, 0.2) is 5.85 Å². The molecule has 1 aromatic heterocycles. The Labute approximate surface area is 138 Å². The van der Waals surface area contributed by atoms with Gasteiger partial charge >= 0.3 is 0 Å². The molecule has 0 amide bonds. The van der Waals surface area contributed by atoms with E-state index in [0.717, 1.165) is 64.9 Å². The van der Waals surface area contributed by atoms with Crippen molar-refractivity contribution in [3.8, 4) is 0 Å². The van der Waals surface area contributed by atoms with Crippen molar-refractivity contribution in [2.24, 2.45) is 7.05 Å². The summed E-state index contributed by atoms with van der Waals surface area (Å²) in [6.07, 6.45) is 4.58. The molecule has 23 heavy (non-hydrogen) atoms.